The fourth-order valence-corrected chi connectivity index (χ4v) is 9.06. The first kappa shape index (κ1) is 44.3. The summed E-state index contributed by atoms with van der Waals surface area (Å²) in [7, 11) is 3.22. The zero-order valence-corrected chi connectivity index (χ0v) is 36.7. The SMILES string of the molecule is C=C(C(=O)Nc1cccc(C(=O)NC)c1)c1cc(-c2ccc(N3CCCC3=O)cc2-c2ccc(OC3CCN(c4ccc(C5CCC(=O)NC5=O)cc4F)C(C)C3)cc2)ccc1N(C)N. The van der Waals surface area contributed by atoms with Crippen molar-refractivity contribution < 1.29 is 33.1 Å². The number of benzene rings is 5. The van der Waals surface area contributed by atoms with Gasteiger partial charge in [-0.15, -0.1) is 0 Å². The van der Waals surface area contributed by atoms with Crippen molar-refractivity contribution in [3.63, 3.8) is 0 Å². The molecule has 5 amide bonds. The highest BCUT2D eigenvalue weighted by Gasteiger charge is 2.32. The van der Waals surface area contributed by atoms with Crippen molar-refractivity contribution in [2.75, 3.05) is 47.3 Å². The molecule has 5 aromatic rings. The molecule has 0 saturated carbocycles. The molecule has 14 heteroatoms. The van der Waals surface area contributed by atoms with E-state index in [1.807, 2.05) is 72.5 Å². The molecule has 3 fully saturated rings. The maximum absolute atomic E-state index is 15.6. The molecular weight excluding hydrogens is 826 g/mol. The Labute approximate surface area is 377 Å². The maximum atomic E-state index is 15.6. The van der Waals surface area contributed by atoms with E-state index in [2.05, 4.69) is 22.5 Å². The highest BCUT2D eigenvalue weighted by Crippen LogP contribution is 2.40. The number of nitrogens with zero attached hydrogens (tertiary/aromatic N) is 3. The van der Waals surface area contributed by atoms with Crippen molar-refractivity contribution in [3.05, 3.63) is 132 Å². The number of carbonyl (C=O) groups excluding carboxylic acids is 5. The molecule has 3 atom stereocenters. The minimum Gasteiger partial charge on any atom is -0.490 e. The molecule has 65 heavy (non-hydrogen) atoms. The summed E-state index contributed by atoms with van der Waals surface area (Å²) in [5.41, 5.74) is 7.29. The van der Waals surface area contributed by atoms with Gasteiger partial charge in [0, 0.05) is 87.0 Å². The highest BCUT2D eigenvalue weighted by atomic mass is 19.1. The number of piperidine rings is 2. The topological polar surface area (TPSA) is 166 Å². The van der Waals surface area contributed by atoms with Crippen LogP contribution in [0, 0.1) is 5.82 Å². The lowest BCUT2D eigenvalue weighted by Crippen LogP contribution is -2.45. The number of anilines is 4. The van der Waals surface area contributed by atoms with Crippen LogP contribution in [0.15, 0.2) is 110 Å². The first-order valence-electron chi connectivity index (χ1n) is 21.8. The lowest BCUT2D eigenvalue weighted by atomic mass is 9.90. The van der Waals surface area contributed by atoms with Crippen LogP contribution in [0.1, 0.15) is 72.9 Å². The van der Waals surface area contributed by atoms with Crippen molar-refractivity contribution >= 4 is 57.9 Å². The van der Waals surface area contributed by atoms with E-state index in [-0.39, 0.29) is 41.9 Å². The highest BCUT2D eigenvalue weighted by molar-refractivity contribution is 6.26. The van der Waals surface area contributed by atoms with E-state index in [0.29, 0.717) is 78.3 Å². The molecule has 334 valence electrons. The standard InChI is InChI=1S/C51H52FN7O6/c1-30-25-39(22-24-58(30)46-20-13-34(28-44(46)52)41-18-21-47(60)56-51(41)64)65-38-15-10-32(11-16-38)43-29-37(59-23-6-9-48(59)61)14-17-40(43)33-12-19-45(57(4)53)42(27-33)31(2)49(62)55-36-8-5-7-35(26-36)50(63)54-3/h5,7-8,10-17,19-20,26-30,39,41H,2,6,9,18,21-25,53H2,1,3-4H3,(H,54,63)(H,55,62)(H,56,60,64). The Balaban J connectivity index is 1.02. The molecule has 5 N–H and O–H groups in total. The lowest BCUT2D eigenvalue weighted by Gasteiger charge is -2.39. The molecule has 0 radical (unpaired) electrons. The van der Waals surface area contributed by atoms with Gasteiger partial charge < -0.3 is 30.2 Å². The van der Waals surface area contributed by atoms with Crippen LogP contribution in [0.25, 0.3) is 27.8 Å². The number of rotatable bonds is 12. The van der Waals surface area contributed by atoms with E-state index in [1.54, 1.807) is 48.3 Å². The summed E-state index contributed by atoms with van der Waals surface area (Å²) < 4.78 is 22.1. The average molecular weight is 878 g/mol. The summed E-state index contributed by atoms with van der Waals surface area (Å²) in [4.78, 5) is 66.7. The van der Waals surface area contributed by atoms with E-state index >= 15 is 4.39 Å². The monoisotopic (exact) mass is 877 g/mol. The molecule has 3 saturated heterocycles. The summed E-state index contributed by atoms with van der Waals surface area (Å²) in [6.45, 7) is 7.41. The summed E-state index contributed by atoms with van der Waals surface area (Å²) in [5.74, 6) is 4.64. The van der Waals surface area contributed by atoms with Crippen LogP contribution in [0.5, 0.6) is 5.75 Å². The lowest BCUT2D eigenvalue weighted by molar-refractivity contribution is -0.134. The van der Waals surface area contributed by atoms with Gasteiger partial charge in [0.15, 0.2) is 0 Å². The smallest absolute Gasteiger partial charge is 0.255 e. The zero-order valence-electron chi connectivity index (χ0n) is 36.7. The van der Waals surface area contributed by atoms with Gasteiger partial charge >= 0.3 is 0 Å². The number of carbonyl (C=O) groups is 5. The molecule has 0 spiro atoms. The fourth-order valence-electron chi connectivity index (χ4n) is 9.06. The van der Waals surface area contributed by atoms with Gasteiger partial charge in [-0.3, -0.25) is 29.3 Å². The molecule has 3 unspecified atom stereocenters. The third-order valence-corrected chi connectivity index (χ3v) is 12.5. The molecule has 0 aliphatic carbocycles. The van der Waals surface area contributed by atoms with Crippen LogP contribution >= 0.6 is 0 Å². The van der Waals surface area contributed by atoms with Crippen LogP contribution in [0.3, 0.4) is 0 Å². The zero-order chi connectivity index (χ0) is 45.9. The molecule has 8 rings (SSSR count). The predicted octanol–water partition coefficient (Wildman–Crippen LogP) is 7.56. The van der Waals surface area contributed by atoms with E-state index in [4.69, 9.17) is 10.6 Å². The molecule has 0 bridgehead atoms. The summed E-state index contributed by atoms with van der Waals surface area (Å²) in [6, 6.07) is 31.0. The van der Waals surface area contributed by atoms with Crippen molar-refractivity contribution in [1.29, 1.82) is 0 Å². The third-order valence-electron chi connectivity index (χ3n) is 12.5. The van der Waals surface area contributed by atoms with Crippen molar-refractivity contribution in [1.82, 2.24) is 10.6 Å². The molecule has 5 aromatic carbocycles. The van der Waals surface area contributed by atoms with Crippen molar-refractivity contribution in [3.8, 4) is 28.0 Å². The summed E-state index contributed by atoms with van der Waals surface area (Å²) in [6.07, 6.45) is 3.07. The molecule has 3 aliphatic heterocycles. The van der Waals surface area contributed by atoms with Gasteiger partial charge in [-0.1, -0.05) is 43.0 Å². The number of amides is 5. The first-order chi connectivity index (χ1) is 31.3. The summed E-state index contributed by atoms with van der Waals surface area (Å²) >= 11 is 0. The number of imide groups is 1. The second-order valence-electron chi connectivity index (χ2n) is 16.9. The molecule has 0 aromatic heterocycles. The Bertz CT molecular complexity index is 2700. The van der Waals surface area contributed by atoms with Gasteiger partial charge in [0.05, 0.1) is 17.3 Å². The second-order valence-corrected chi connectivity index (χ2v) is 16.9. The van der Waals surface area contributed by atoms with Gasteiger partial charge in [0.1, 0.15) is 17.7 Å². The van der Waals surface area contributed by atoms with Crippen molar-refractivity contribution in [2.45, 2.75) is 63.5 Å². The summed E-state index contributed by atoms with van der Waals surface area (Å²) in [5, 5.41) is 9.23. The molecule has 3 aliphatic rings. The Morgan fingerprint density at radius 3 is 2.37 bits per heavy atom. The average Bonchev–Trinajstić information content (AvgIpc) is 3.74. The minimum absolute atomic E-state index is 0.0275. The van der Waals surface area contributed by atoms with Crippen LogP contribution in [-0.2, 0) is 19.2 Å². The van der Waals surface area contributed by atoms with E-state index < -0.39 is 23.5 Å². The van der Waals surface area contributed by atoms with Crippen LogP contribution in [0.4, 0.5) is 27.1 Å². The van der Waals surface area contributed by atoms with Gasteiger partial charge in [-0.25, -0.2) is 10.2 Å². The predicted molar refractivity (Wildman–Crippen MR) is 251 cm³/mol. The molecule has 13 nitrogen and oxygen atoms in total. The van der Waals surface area contributed by atoms with E-state index in [0.717, 1.165) is 34.4 Å². The number of hydrazine groups is 1. The second kappa shape index (κ2) is 18.8. The Morgan fingerprint density at radius 1 is 0.892 bits per heavy atom. The maximum Gasteiger partial charge on any atom is 0.255 e. The quantitative estimate of drug-likeness (QED) is 0.0428. The van der Waals surface area contributed by atoms with E-state index in [1.165, 1.54) is 18.1 Å². The Hall–Kier alpha value is -7.32. The van der Waals surface area contributed by atoms with Crippen LogP contribution < -0.4 is 41.3 Å². The van der Waals surface area contributed by atoms with Crippen LogP contribution in [-0.4, -0.2) is 68.9 Å². The minimum atomic E-state index is -0.554. The number of nitrogens with two attached hydrogens (primary N) is 1. The first-order valence-corrected chi connectivity index (χ1v) is 21.8. The van der Waals surface area contributed by atoms with E-state index in [9.17, 15) is 24.0 Å². The van der Waals surface area contributed by atoms with Gasteiger partial charge in [-0.05, 0) is 114 Å². The molecule has 3 heterocycles. The fraction of sp³-hybridized carbons (Fsp3) is 0.275. The number of hydrogen-bond donors (Lipinski definition) is 4. The number of ether oxygens (including phenoxy) is 1. The van der Waals surface area contributed by atoms with Gasteiger partial charge in [-0.2, -0.15) is 0 Å². The Kier molecular flexibility index (Phi) is 12.8. The normalized spacial score (nSPS) is 18.5. The largest absolute Gasteiger partial charge is 0.490 e. The number of hydrogen-bond acceptors (Lipinski definition) is 9. The number of nitrogens with one attached hydrogen (secondary N) is 3. The van der Waals surface area contributed by atoms with Crippen molar-refractivity contribution in [2.24, 2.45) is 5.84 Å². The van der Waals surface area contributed by atoms with Crippen LogP contribution in [0.2, 0.25) is 0 Å². The molecular formula is C51H52FN7O6. The third kappa shape index (κ3) is 9.48. The Morgan fingerprint density at radius 2 is 1.68 bits per heavy atom. The van der Waals surface area contributed by atoms with Gasteiger partial charge in [0.2, 0.25) is 17.7 Å². The number of halogens is 1. The van der Waals surface area contributed by atoms with Gasteiger partial charge in [0.25, 0.3) is 11.8 Å².